The molecule has 0 aromatic rings. The Bertz CT molecular complexity index is 485. The third-order valence-electron chi connectivity index (χ3n) is 3.65. The fourth-order valence-electron chi connectivity index (χ4n) is 2.00. The Morgan fingerprint density at radius 3 is 2.11 bits per heavy atom. The summed E-state index contributed by atoms with van der Waals surface area (Å²) in [4.78, 5) is 15.6. The minimum atomic E-state index is -3.36. The van der Waals surface area contributed by atoms with Crippen LogP contribution in [0, 0.1) is 11.3 Å². The Balaban J connectivity index is 2.65. The Morgan fingerprint density at radius 2 is 1.74 bits per heavy atom. The first kappa shape index (κ1) is 15.9. The minimum Gasteiger partial charge on any atom is -0.339 e. The largest absolute Gasteiger partial charge is 0.339 e. The fourth-order valence-corrected chi connectivity index (χ4v) is 2.51. The topological polar surface area (TPSA) is 81.5 Å². The molecule has 0 spiro atoms. The molecule has 0 N–H and O–H groups in total. The molecule has 0 saturated carbocycles. The third kappa shape index (κ3) is 3.67. The van der Waals surface area contributed by atoms with Crippen molar-refractivity contribution < 1.29 is 13.2 Å². The van der Waals surface area contributed by atoms with E-state index >= 15 is 0 Å². The molecule has 1 aliphatic rings. The highest BCUT2D eigenvalue weighted by Crippen LogP contribution is 2.17. The van der Waals surface area contributed by atoms with Gasteiger partial charge in [-0.3, -0.25) is 9.69 Å². The number of nitriles is 1. The van der Waals surface area contributed by atoms with E-state index in [9.17, 15) is 13.2 Å². The average Bonchev–Trinajstić information content (AvgIpc) is 2.36. The number of piperazine rings is 1. The Labute approximate surface area is 114 Å². The molecule has 0 aromatic carbocycles. The molecule has 1 unspecified atom stereocenters. The van der Waals surface area contributed by atoms with E-state index in [1.165, 1.54) is 6.92 Å². The molecule has 1 saturated heterocycles. The molecule has 7 heteroatoms. The van der Waals surface area contributed by atoms with Crippen molar-refractivity contribution in [3.05, 3.63) is 0 Å². The van der Waals surface area contributed by atoms with Crippen LogP contribution in [0.5, 0.6) is 0 Å². The van der Waals surface area contributed by atoms with Gasteiger partial charge < -0.3 is 4.90 Å². The van der Waals surface area contributed by atoms with Crippen LogP contribution >= 0.6 is 0 Å². The molecule has 0 radical (unpaired) electrons. The lowest BCUT2D eigenvalue weighted by molar-refractivity contribution is -0.132. The summed E-state index contributed by atoms with van der Waals surface area (Å²) in [6, 6.07) is 2.23. The number of hydrogen-bond donors (Lipinski definition) is 0. The number of hydrogen-bond acceptors (Lipinski definition) is 5. The second-order valence-electron chi connectivity index (χ2n) is 5.45. The summed E-state index contributed by atoms with van der Waals surface area (Å²) in [5.74, 6) is -0.350. The highest BCUT2D eigenvalue weighted by atomic mass is 32.2. The van der Waals surface area contributed by atoms with Gasteiger partial charge in [0.05, 0.1) is 6.07 Å². The second-order valence-corrected chi connectivity index (χ2v) is 7.82. The molecule has 1 amide bonds. The van der Waals surface area contributed by atoms with Gasteiger partial charge in [0.15, 0.2) is 9.84 Å². The SMILES string of the molecule is CC(C(=O)N1CCN(C(C)(C)C#N)CC1)S(C)(=O)=O. The first-order chi connectivity index (χ1) is 8.59. The van der Waals surface area contributed by atoms with Crippen molar-refractivity contribution >= 4 is 15.7 Å². The van der Waals surface area contributed by atoms with E-state index in [1.807, 2.05) is 18.7 Å². The monoisotopic (exact) mass is 287 g/mol. The van der Waals surface area contributed by atoms with Gasteiger partial charge in [-0.1, -0.05) is 0 Å². The molecule has 0 bridgehead atoms. The van der Waals surface area contributed by atoms with E-state index in [0.717, 1.165) is 6.26 Å². The van der Waals surface area contributed by atoms with Crippen molar-refractivity contribution in [3.63, 3.8) is 0 Å². The van der Waals surface area contributed by atoms with Crippen LogP contribution in [-0.2, 0) is 14.6 Å². The lowest BCUT2D eigenvalue weighted by Gasteiger charge is -2.40. The zero-order valence-electron chi connectivity index (χ0n) is 11.9. The Hall–Kier alpha value is -1.13. The van der Waals surface area contributed by atoms with Crippen LogP contribution in [0.1, 0.15) is 20.8 Å². The van der Waals surface area contributed by atoms with Gasteiger partial charge in [-0.15, -0.1) is 0 Å². The van der Waals surface area contributed by atoms with Crippen molar-refractivity contribution in [1.82, 2.24) is 9.80 Å². The molecule has 0 aliphatic carbocycles. The van der Waals surface area contributed by atoms with Crippen LogP contribution in [-0.4, -0.2) is 67.3 Å². The van der Waals surface area contributed by atoms with Gasteiger partial charge in [0, 0.05) is 32.4 Å². The van der Waals surface area contributed by atoms with E-state index in [-0.39, 0.29) is 5.91 Å². The van der Waals surface area contributed by atoms with Gasteiger partial charge in [-0.2, -0.15) is 5.26 Å². The van der Waals surface area contributed by atoms with Crippen LogP contribution in [0.25, 0.3) is 0 Å². The lowest BCUT2D eigenvalue weighted by Crippen LogP contribution is -2.56. The first-order valence-corrected chi connectivity index (χ1v) is 8.19. The summed E-state index contributed by atoms with van der Waals surface area (Å²) in [6.07, 6.45) is 1.07. The fraction of sp³-hybridized carbons (Fsp3) is 0.833. The van der Waals surface area contributed by atoms with E-state index in [0.29, 0.717) is 26.2 Å². The van der Waals surface area contributed by atoms with Gasteiger partial charge >= 0.3 is 0 Å². The standard InChI is InChI=1S/C12H21N3O3S/c1-10(19(4,17)18)11(16)14-5-7-15(8-6-14)12(2,3)9-13/h10H,5-8H2,1-4H3. The highest BCUT2D eigenvalue weighted by Gasteiger charge is 2.34. The number of carbonyl (C=O) groups excluding carboxylic acids is 1. The molecule has 1 atom stereocenters. The summed E-state index contributed by atoms with van der Waals surface area (Å²) in [5, 5.41) is 8.07. The Kier molecular flexibility index (Phi) is 4.59. The molecule has 1 fully saturated rings. The maximum atomic E-state index is 12.0. The summed E-state index contributed by atoms with van der Waals surface area (Å²) in [5.41, 5.74) is -0.558. The number of amides is 1. The van der Waals surface area contributed by atoms with Crippen molar-refractivity contribution in [1.29, 1.82) is 5.26 Å². The Morgan fingerprint density at radius 1 is 1.26 bits per heavy atom. The third-order valence-corrected chi connectivity index (χ3v) is 5.13. The van der Waals surface area contributed by atoms with Crippen molar-refractivity contribution in [3.8, 4) is 6.07 Å². The van der Waals surface area contributed by atoms with Gasteiger partial charge in [0.1, 0.15) is 10.8 Å². The lowest BCUT2D eigenvalue weighted by atomic mass is 10.0. The van der Waals surface area contributed by atoms with E-state index in [2.05, 4.69) is 6.07 Å². The van der Waals surface area contributed by atoms with Crippen molar-refractivity contribution in [2.24, 2.45) is 0 Å². The zero-order valence-corrected chi connectivity index (χ0v) is 12.7. The molecule has 1 heterocycles. The maximum absolute atomic E-state index is 12.0. The summed E-state index contributed by atoms with van der Waals surface area (Å²) < 4.78 is 22.8. The van der Waals surface area contributed by atoms with Gasteiger partial charge in [-0.05, 0) is 20.8 Å². The number of rotatable bonds is 3. The number of carbonyl (C=O) groups is 1. The number of nitrogens with zero attached hydrogens (tertiary/aromatic N) is 3. The van der Waals surface area contributed by atoms with Crippen LogP contribution in [0.4, 0.5) is 0 Å². The van der Waals surface area contributed by atoms with Gasteiger partial charge in [0.2, 0.25) is 5.91 Å². The number of sulfone groups is 1. The smallest absolute Gasteiger partial charge is 0.240 e. The highest BCUT2D eigenvalue weighted by molar-refractivity contribution is 7.92. The molecular formula is C12H21N3O3S. The predicted molar refractivity (Wildman–Crippen MR) is 72.2 cm³/mol. The zero-order chi connectivity index (χ0) is 14.8. The quantitative estimate of drug-likeness (QED) is 0.722. The molecule has 1 aliphatic heterocycles. The minimum absolute atomic E-state index is 0.350. The van der Waals surface area contributed by atoms with Crippen molar-refractivity contribution in [2.75, 3.05) is 32.4 Å². The molecular weight excluding hydrogens is 266 g/mol. The van der Waals surface area contributed by atoms with E-state index < -0.39 is 20.6 Å². The molecule has 1 rings (SSSR count). The van der Waals surface area contributed by atoms with Gasteiger partial charge in [0.25, 0.3) is 0 Å². The van der Waals surface area contributed by atoms with Crippen molar-refractivity contribution in [2.45, 2.75) is 31.6 Å². The summed E-state index contributed by atoms with van der Waals surface area (Å²) >= 11 is 0. The van der Waals surface area contributed by atoms with Crippen LogP contribution < -0.4 is 0 Å². The summed E-state index contributed by atoms with van der Waals surface area (Å²) in [6.45, 7) is 7.19. The maximum Gasteiger partial charge on any atom is 0.240 e. The molecule has 0 aromatic heterocycles. The van der Waals surface area contributed by atoms with E-state index in [4.69, 9.17) is 5.26 Å². The average molecular weight is 287 g/mol. The van der Waals surface area contributed by atoms with Crippen LogP contribution in [0.15, 0.2) is 0 Å². The summed E-state index contributed by atoms with van der Waals surface area (Å²) in [7, 11) is -3.36. The molecule has 108 valence electrons. The van der Waals surface area contributed by atoms with E-state index in [1.54, 1.807) is 4.90 Å². The van der Waals surface area contributed by atoms with Crippen LogP contribution in [0.3, 0.4) is 0 Å². The van der Waals surface area contributed by atoms with Crippen LogP contribution in [0.2, 0.25) is 0 Å². The normalized spacial score (nSPS) is 19.8. The molecule has 6 nitrogen and oxygen atoms in total. The molecule has 19 heavy (non-hydrogen) atoms. The van der Waals surface area contributed by atoms with Gasteiger partial charge in [-0.25, -0.2) is 8.42 Å². The predicted octanol–water partition coefficient (Wildman–Crippen LogP) is -0.134. The second kappa shape index (κ2) is 5.47. The first-order valence-electron chi connectivity index (χ1n) is 6.23.